The zero-order valence-corrected chi connectivity index (χ0v) is 41.1. The van der Waals surface area contributed by atoms with Crippen molar-refractivity contribution >= 4 is 46.3 Å². The van der Waals surface area contributed by atoms with E-state index in [1.54, 1.807) is 37.6 Å². The van der Waals surface area contributed by atoms with Gasteiger partial charge in [-0.3, -0.25) is 24.1 Å². The SMILES string of the molecule is C=C1N(c2ccc(C#N)c(C(F)(F)F)c2F)C(=O)C(C)(C)N1c1cnc(OCCCOCCOCC(=O)N[C@H](C(=O)N2C[C@H](O)C[C@H]2C(=O)NCc2ccc(-c3scnc3C)cc2)C(C)(C)C)cc1OC. The maximum Gasteiger partial charge on any atom is 0.420 e. The number of carbonyl (C=O) groups excluding carboxylic acids is 4. The largest absolute Gasteiger partial charge is 0.494 e. The summed E-state index contributed by atoms with van der Waals surface area (Å²) in [5.74, 6) is -3.97. The van der Waals surface area contributed by atoms with Crippen LogP contribution in [0.1, 0.15) is 69.8 Å². The summed E-state index contributed by atoms with van der Waals surface area (Å²) in [6.45, 7) is 14.5. The molecule has 2 aromatic carbocycles. The lowest BCUT2D eigenvalue weighted by molar-refractivity contribution is -0.144. The fourth-order valence-corrected chi connectivity index (χ4v) is 9.05. The Morgan fingerprint density at radius 3 is 2.38 bits per heavy atom. The third kappa shape index (κ3) is 12.1. The Morgan fingerprint density at radius 1 is 1.04 bits per heavy atom. The van der Waals surface area contributed by atoms with Crippen molar-refractivity contribution in [2.45, 2.75) is 90.8 Å². The number of thiazole rings is 1. The van der Waals surface area contributed by atoms with Crippen molar-refractivity contribution in [3.63, 3.8) is 0 Å². The number of rotatable bonds is 19. The number of amides is 4. The van der Waals surface area contributed by atoms with Gasteiger partial charge in [0.25, 0.3) is 5.91 Å². The number of aliphatic hydroxyl groups is 1. The maximum absolute atomic E-state index is 15.5. The van der Waals surface area contributed by atoms with Crippen molar-refractivity contribution in [3.05, 3.63) is 94.8 Å². The quantitative estimate of drug-likeness (QED) is 0.0701. The summed E-state index contributed by atoms with van der Waals surface area (Å²) in [5.41, 5.74) is -0.950. The van der Waals surface area contributed by atoms with Crippen LogP contribution in [-0.2, 0) is 41.4 Å². The number of β-amino-alcohol motifs (C(OH)–C–C–N with tert-alkyl or cyclic N) is 1. The monoisotopic (exact) mass is 1010 g/mol. The first-order valence-corrected chi connectivity index (χ1v) is 23.4. The Balaban J connectivity index is 0.935. The van der Waals surface area contributed by atoms with E-state index in [0.717, 1.165) is 38.7 Å². The standard InChI is InChI=1S/C49H56F4N8O9S/c1-28-42(71-27-57-28)31-12-10-30(11-13-31)23-56-44(64)35-20-33(62)25-59(35)45(65)43(47(3,4)5)58-38(63)26-69-19-18-68-16-9-17-70-39-21-37(67-8)36(24-55-39)61-29(2)60(46(66)48(61,6)7)34-15-14-32(22-54)40(41(34)50)49(51,52)53/h10-15,21,24,27,33,35,43,62H,2,9,16-20,23,25-26H2,1,3-8H3,(H,56,64)(H,58,63)/t33-,35+,43-/m1/s1. The molecule has 0 aliphatic carbocycles. The number of alkyl halides is 3. The number of hydrogen-bond donors (Lipinski definition) is 3. The van der Waals surface area contributed by atoms with E-state index < -0.39 is 81.6 Å². The van der Waals surface area contributed by atoms with E-state index in [2.05, 4.69) is 27.2 Å². The Kier molecular flexibility index (Phi) is 16.8. The third-order valence-corrected chi connectivity index (χ3v) is 12.8. The van der Waals surface area contributed by atoms with Crippen molar-refractivity contribution in [3.8, 4) is 28.1 Å². The number of methoxy groups -OCH3 is 1. The predicted octanol–water partition coefficient (Wildman–Crippen LogP) is 6.27. The second-order valence-corrected chi connectivity index (χ2v) is 19.2. The molecule has 71 heavy (non-hydrogen) atoms. The van der Waals surface area contributed by atoms with Crippen molar-refractivity contribution in [2.24, 2.45) is 5.41 Å². The normalized spacial score (nSPS) is 17.3. The number of aromatic nitrogens is 2. The zero-order valence-electron chi connectivity index (χ0n) is 40.3. The van der Waals surface area contributed by atoms with Gasteiger partial charge >= 0.3 is 6.18 Å². The molecule has 4 amide bonds. The molecule has 0 unspecified atom stereocenters. The number of benzene rings is 2. The van der Waals surface area contributed by atoms with Crippen LogP contribution in [0.15, 0.2) is 66.6 Å². The fourth-order valence-electron chi connectivity index (χ4n) is 8.23. The smallest absolute Gasteiger partial charge is 0.420 e. The highest BCUT2D eigenvalue weighted by Crippen LogP contribution is 2.46. The van der Waals surface area contributed by atoms with Crippen LogP contribution >= 0.6 is 11.3 Å². The molecule has 2 aromatic heterocycles. The second-order valence-electron chi connectivity index (χ2n) is 18.4. The van der Waals surface area contributed by atoms with Crippen LogP contribution in [0.4, 0.5) is 28.9 Å². The maximum atomic E-state index is 15.5. The lowest BCUT2D eigenvalue weighted by atomic mass is 9.85. The van der Waals surface area contributed by atoms with E-state index in [0.29, 0.717) is 6.42 Å². The molecule has 0 radical (unpaired) electrons. The van der Waals surface area contributed by atoms with Gasteiger partial charge < -0.3 is 44.5 Å². The molecule has 2 aliphatic heterocycles. The number of carbonyl (C=O) groups is 4. The Bertz CT molecular complexity index is 2670. The topological polar surface area (TPSA) is 209 Å². The molecule has 380 valence electrons. The van der Waals surface area contributed by atoms with Gasteiger partial charge in [-0.05, 0) is 49.4 Å². The van der Waals surface area contributed by atoms with Crippen LogP contribution in [-0.4, -0.2) is 114 Å². The van der Waals surface area contributed by atoms with Gasteiger partial charge in [0.05, 0.1) is 72.6 Å². The molecule has 2 fully saturated rings. The van der Waals surface area contributed by atoms with Gasteiger partial charge in [-0.25, -0.2) is 14.4 Å². The Hall–Kier alpha value is -6.67. The van der Waals surface area contributed by atoms with Gasteiger partial charge in [-0.2, -0.15) is 18.4 Å². The number of aliphatic hydroxyl groups excluding tert-OH is 1. The molecule has 2 saturated heterocycles. The molecule has 0 bridgehead atoms. The van der Waals surface area contributed by atoms with E-state index in [4.69, 9.17) is 18.9 Å². The highest BCUT2D eigenvalue weighted by molar-refractivity contribution is 7.13. The van der Waals surface area contributed by atoms with Crippen molar-refractivity contribution < 1.29 is 60.8 Å². The number of aryl methyl sites for hydroxylation is 1. The molecule has 2 aliphatic rings. The molecule has 0 spiro atoms. The summed E-state index contributed by atoms with van der Waals surface area (Å²) in [6.07, 6.45) is -4.36. The lowest BCUT2D eigenvalue weighted by Gasteiger charge is -2.35. The third-order valence-electron chi connectivity index (χ3n) is 11.8. The first-order valence-electron chi connectivity index (χ1n) is 22.5. The number of nitrogens with one attached hydrogen (secondary N) is 2. The molecule has 4 heterocycles. The number of halogens is 4. The van der Waals surface area contributed by atoms with Crippen LogP contribution in [0, 0.1) is 29.5 Å². The van der Waals surface area contributed by atoms with E-state index in [1.165, 1.54) is 49.1 Å². The van der Waals surface area contributed by atoms with Crippen LogP contribution in [0.3, 0.4) is 0 Å². The number of nitriles is 1. The van der Waals surface area contributed by atoms with E-state index in [9.17, 15) is 42.7 Å². The number of pyridine rings is 1. The number of hydrogen-bond acceptors (Lipinski definition) is 14. The van der Waals surface area contributed by atoms with Crippen LogP contribution in [0.2, 0.25) is 0 Å². The van der Waals surface area contributed by atoms with Crippen LogP contribution in [0.25, 0.3) is 10.4 Å². The summed E-state index contributed by atoms with van der Waals surface area (Å²) in [4.78, 5) is 67.2. The summed E-state index contributed by atoms with van der Waals surface area (Å²) >= 11 is 1.55. The molecule has 0 saturated carbocycles. The first kappa shape index (κ1) is 53.7. The van der Waals surface area contributed by atoms with Gasteiger partial charge in [0.1, 0.15) is 47.1 Å². The zero-order chi connectivity index (χ0) is 52.0. The Morgan fingerprint density at radius 2 is 1.75 bits per heavy atom. The van der Waals surface area contributed by atoms with Crippen LogP contribution < -0.4 is 29.9 Å². The highest BCUT2D eigenvalue weighted by atomic mass is 32.1. The predicted molar refractivity (Wildman–Crippen MR) is 253 cm³/mol. The van der Waals surface area contributed by atoms with E-state index in [1.807, 2.05) is 31.2 Å². The minimum absolute atomic E-state index is 0.0512. The summed E-state index contributed by atoms with van der Waals surface area (Å²) in [5, 5.41) is 25.4. The van der Waals surface area contributed by atoms with Crippen molar-refractivity contribution in [2.75, 3.05) is 56.5 Å². The first-order chi connectivity index (χ1) is 33.5. The minimum atomic E-state index is -5.22. The summed E-state index contributed by atoms with van der Waals surface area (Å²) in [6, 6.07) is 10.3. The van der Waals surface area contributed by atoms with Gasteiger partial charge in [0.2, 0.25) is 23.6 Å². The number of likely N-dealkylation sites (tertiary alicyclic amines) is 1. The van der Waals surface area contributed by atoms with E-state index in [-0.39, 0.29) is 75.7 Å². The molecule has 4 aromatic rings. The van der Waals surface area contributed by atoms with E-state index >= 15 is 4.39 Å². The number of anilines is 2. The average molecular weight is 1010 g/mol. The molecular formula is C49H56F4N8O9S. The van der Waals surface area contributed by atoms with Gasteiger partial charge in [0.15, 0.2) is 5.82 Å². The van der Waals surface area contributed by atoms with Gasteiger partial charge in [-0.1, -0.05) is 51.6 Å². The van der Waals surface area contributed by atoms with Crippen LogP contribution in [0.5, 0.6) is 11.6 Å². The number of nitrogens with zero attached hydrogens (tertiary/aromatic N) is 6. The lowest BCUT2D eigenvalue weighted by Crippen LogP contribution is -2.58. The highest BCUT2D eigenvalue weighted by Gasteiger charge is 2.52. The van der Waals surface area contributed by atoms with Gasteiger partial charge in [0, 0.05) is 38.6 Å². The molecule has 3 N–H and O–H groups in total. The minimum Gasteiger partial charge on any atom is -0.494 e. The van der Waals surface area contributed by atoms with Crippen molar-refractivity contribution in [1.82, 2.24) is 25.5 Å². The summed E-state index contributed by atoms with van der Waals surface area (Å²) < 4.78 is 79.4. The molecule has 22 heteroatoms. The van der Waals surface area contributed by atoms with Gasteiger partial charge in [-0.15, -0.1) is 11.3 Å². The van der Waals surface area contributed by atoms with Crippen molar-refractivity contribution in [1.29, 1.82) is 5.26 Å². The fraction of sp³-hybridized carbons (Fsp3) is 0.449. The number of ether oxygens (including phenoxy) is 4. The average Bonchev–Trinajstić information content (AvgIpc) is 3.98. The second kappa shape index (κ2) is 22.2. The Labute approximate surface area is 412 Å². The molecule has 6 rings (SSSR count). The molecule has 17 nitrogen and oxygen atoms in total. The molecule has 3 atom stereocenters. The summed E-state index contributed by atoms with van der Waals surface area (Å²) in [7, 11) is 1.35. The molecular weight excluding hydrogens is 953 g/mol.